The SMILES string of the molecule is CC(C)C[C@H](NC(=O)CNC(=O)[C@H](CCC(=O)O)NC(=O)[C@H](CCCN=C(N)N)NC(=O)[C@@H](NC(=O)[C@H](CC(C)C)NC(=O)[C@H](C)N)C(C)C)C(=O)N[C@@H](CCCN=C(N)N)C(=O)N[C@@H](CC(N)=O)C(=O)N[C@H](C(=O)O)C(C)C. The van der Waals surface area contributed by atoms with Crippen molar-refractivity contribution in [2.45, 2.75) is 174 Å². The molecule has 0 aromatic carbocycles. The molecule has 0 heterocycles. The number of hydrogen-bond donors (Lipinski definition) is 17. The smallest absolute Gasteiger partial charge is 0.326 e. The maximum Gasteiger partial charge on any atom is 0.326 e. The monoisotopic (exact) mass is 1130 g/mol. The summed E-state index contributed by atoms with van der Waals surface area (Å²) < 4.78 is 0. The van der Waals surface area contributed by atoms with Gasteiger partial charge in [0, 0.05) is 19.5 Å². The Morgan fingerprint density at radius 2 is 0.823 bits per heavy atom. The normalized spacial score (nSPS) is 14.5. The molecular weight excluding hydrogens is 1040 g/mol. The van der Waals surface area contributed by atoms with Crippen molar-refractivity contribution in [3.05, 3.63) is 0 Å². The number of carbonyl (C=O) groups is 12. The number of nitrogens with two attached hydrogens (primary N) is 6. The van der Waals surface area contributed by atoms with Crippen LogP contribution >= 0.6 is 0 Å². The predicted octanol–water partition coefficient (Wildman–Crippen LogP) is -5.34. The molecule has 9 atom stereocenters. The number of carbonyl (C=O) groups excluding carboxylic acids is 10. The zero-order valence-electron chi connectivity index (χ0n) is 46.6. The number of primary amides is 1. The van der Waals surface area contributed by atoms with Crippen molar-refractivity contribution in [3.8, 4) is 0 Å². The predicted molar refractivity (Wildman–Crippen MR) is 289 cm³/mol. The van der Waals surface area contributed by atoms with E-state index in [2.05, 4.69) is 57.8 Å². The van der Waals surface area contributed by atoms with Gasteiger partial charge >= 0.3 is 11.9 Å². The largest absolute Gasteiger partial charge is 0.481 e. The average molecular weight is 1130 g/mol. The van der Waals surface area contributed by atoms with Gasteiger partial charge in [-0.3, -0.25) is 62.7 Å². The molecule has 0 fully saturated rings. The molecule has 0 aromatic rings. The first kappa shape index (κ1) is 71.1. The minimum atomic E-state index is -1.69. The Bertz CT molecular complexity index is 2160. The lowest BCUT2D eigenvalue weighted by atomic mass is 9.99. The highest BCUT2D eigenvalue weighted by Crippen LogP contribution is 2.12. The van der Waals surface area contributed by atoms with E-state index in [4.69, 9.17) is 34.4 Å². The van der Waals surface area contributed by atoms with Crippen molar-refractivity contribution in [2.24, 2.45) is 68.1 Å². The summed E-state index contributed by atoms with van der Waals surface area (Å²) in [6.07, 6.45) is -1.92. The molecule has 0 saturated carbocycles. The highest BCUT2D eigenvalue weighted by atomic mass is 16.4. The molecule has 23 N–H and O–H groups in total. The van der Waals surface area contributed by atoms with E-state index in [-0.39, 0.29) is 75.4 Å². The van der Waals surface area contributed by atoms with E-state index in [9.17, 15) is 67.7 Å². The molecule has 0 aliphatic rings. The Morgan fingerprint density at radius 3 is 1.23 bits per heavy atom. The molecule has 0 spiro atoms. The highest BCUT2D eigenvalue weighted by molar-refractivity contribution is 5.99. The molecule has 0 unspecified atom stereocenters. The molecule has 10 amide bonds. The molecule has 0 aliphatic carbocycles. The van der Waals surface area contributed by atoms with Crippen LogP contribution in [0, 0.1) is 23.7 Å². The number of hydrogen-bond acceptors (Lipinski definition) is 15. The number of amides is 10. The Hall–Kier alpha value is -7.86. The third-order valence-electron chi connectivity index (χ3n) is 11.5. The second-order valence-corrected chi connectivity index (χ2v) is 20.5. The first-order chi connectivity index (χ1) is 36.7. The topological polar surface area (TPSA) is 534 Å². The highest BCUT2D eigenvalue weighted by Gasteiger charge is 2.36. The number of rotatable bonds is 38. The molecule has 0 bridgehead atoms. The third kappa shape index (κ3) is 30.0. The number of guanidine groups is 2. The van der Waals surface area contributed by atoms with Crippen molar-refractivity contribution < 1.29 is 67.7 Å². The standard InChI is InChI=1S/C48H87N17O14/c1-22(2)18-30(42(74)59-27(12-10-16-55-47(51)52)41(73)63-32(20-33(50)66)44(76)65-37(25(7)8)46(78)79)58-34(67)21-57-39(71)29(14-15-35(68)69)60-40(72)28(13-11-17-56-48(53)54)61-45(77)36(24(5)6)64-43(75)31(19-23(3)4)62-38(70)26(9)49/h22-32,36-37H,10-21,49H2,1-9H3,(H2,50,66)(H,57,71)(H,58,67)(H,59,74)(H,60,72)(H,61,77)(H,62,70)(H,63,73)(H,64,75)(H,65,76)(H,68,69)(H,78,79)(H4,51,52,55)(H4,53,54,56)/t26-,27-,28-,29-,30-,31-,32-,36-,37-/m0/s1. The van der Waals surface area contributed by atoms with Crippen LogP contribution in [0.3, 0.4) is 0 Å². The second kappa shape index (κ2) is 36.3. The van der Waals surface area contributed by atoms with Gasteiger partial charge in [0.1, 0.15) is 48.3 Å². The molecular formula is C48H87N17O14. The van der Waals surface area contributed by atoms with Gasteiger partial charge in [0.05, 0.1) is 19.0 Å². The van der Waals surface area contributed by atoms with Crippen LogP contribution in [-0.4, -0.2) is 167 Å². The van der Waals surface area contributed by atoms with Gasteiger partial charge < -0.3 is 92.5 Å². The summed E-state index contributed by atoms with van der Waals surface area (Å²) in [6.45, 7) is 13.9. The van der Waals surface area contributed by atoms with Crippen LogP contribution in [0.5, 0.6) is 0 Å². The lowest BCUT2D eigenvalue weighted by Gasteiger charge is -2.28. The first-order valence-electron chi connectivity index (χ1n) is 26.0. The zero-order chi connectivity index (χ0) is 60.9. The number of aliphatic carboxylic acids is 2. The zero-order valence-corrected chi connectivity index (χ0v) is 46.6. The Balaban J connectivity index is 6.66. The van der Waals surface area contributed by atoms with Crippen LogP contribution in [0.1, 0.15) is 120 Å². The van der Waals surface area contributed by atoms with Gasteiger partial charge in [0.15, 0.2) is 11.9 Å². The summed E-state index contributed by atoms with van der Waals surface area (Å²) in [5.74, 6) is -14.0. The quantitative estimate of drug-likeness (QED) is 0.0156. The number of carboxylic acids is 2. The first-order valence-corrected chi connectivity index (χ1v) is 26.0. The molecule has 0 aliphatic heterocycles. The molecule has 0 saturated heterocycles. The van der Waals surface area contributed by atoms with Crippen LogP contribution in [0.2, 0.25) is 0 Å². The lowest BCUT2D eigenvalue weighted by molar-refractivity contribution is -0.143. The van der Waals surface area contributed by atoms with Gasteiger partial charge in [0.2, 0.25) is 59.1 Å². The maximum absolute atomic E-state index is 14.0. The Kier molecular flexibility index (Phi) is 32.7. The summed E-state index contributed by atoms with van der Waals surface area (Å²) in [5, 5.41) is 41.3. The molecule has 448 valence electrons. The van der Waals surface area contributed by atoms with Gasteiger partial charge in [-0.1, -0.05) is 55.4 Å². The number of nitrogens with one attached hydrogen (secondary N) is 9. The average Bonchev–Trinajstić information content (AvgIpc) is 3.32. The second-order valence-electron chi connectivity index (χ2n) is 20.5. The van der Waals surface area contributed by atoms with E-state index < -0.39 is 163 Å². The van der Waals surface area contributed by atoms with Crippen LogP contribution in [-0.2, 0) is 57.5 Å². The summed E-state index contributed by atoms with van der Waals surface area (Å²) >= 11 is 0. The van der Waals surface area contributed by atoms with Gasteiger partial charge in [-0.15, -0.1) is 0 Å². The number of carboxylic acid groups (broad SMARTS) is 2. The van der Waals surface area contributed by atoms with Gasteiger partial charge in [-0.25, -0.2) is 4.79 Å². The number of aliphatic imine (C=N–C) groups is 2. The fourth-order valence-electron chi connectivity index (χ4n) is 7.37. The van der Waals surface area contributed by atoms with E-state index in [1.165, 1.54) is 20.8 Å². The van der Waals surface area contributed by atoms with E-state index in [0.29, 0.717) is 0 Å². The fourth-order valence-corrected chi connectivity index (χ4v) is 7.37. The third-order valence-corrected chi connectivity index (χ3v) is 11.5. The van der Waals surface area contributed by atoms with Crippen molar-refractivity contribution in [2.75, 3.05) is 19.6 Å². The van der Waals surface area contributed by atoms with Crippen LogP contribution < -0.4 is 82.3 Å². The molecule has 0 aromatic heterocycles. The Labute approximate surface area is 459 Å². The Morgan fingerprint density at radius 1 is 0.443 bits per heavy atom. The van der Waals surface area contributed by atoms with Crippen LogP contribution in [0.25, 0.3) is 0 Å². The van der Waals surface area contributed by atoms with Gasteiger partial charge in [-0.05, 0) is 75.5 Å². The van der Waals surface area contributed by atoms with Crippen molar-refractivity contribution in [1.29, 1.82) is 0 Å². The maximum atomic E-state index is 14.0. The van der Waals surface area contributed by atoms with E-state index in [0.717, 1.165) is 0 Å². The van der Waals surface area contributed by atoms with Crippen LogP contribution in [0.15, 0.2) is 9.98 Å². The van der Waals surface area contributed by atoms with Crippen molar-refractivity contribution >= 4 is 82.9 Å². The van der Waals surface area contributed by atoms with Crippen molar-refractivity contribution in [1.82, 2.24) is 47.9 Å². The molecule has 0 radical (unpaired) electrons. The minimum absolute atomic E-state index is 0.00510. The number of nitrogens with zero attached hydrogens (tertiary/aromatic N) is 2. The van der Waals surface area contributed by atoms with E-state index in [1.807, 2.05) is 13.8 Å². The van der Waals surface area contributed by atoms with Gasteiger partial charge in [0.25, 0.3) is 0 Å². The minimum Gasteiger partial charge on any atom is -0.481 e. The molecule has 31 heteroatoms. The fraction of sp³-hybridized carbons (Fsp3) is 0.708. The van der Waals surface area contributed by atoms with E-state index in [1.54, 1.807) is 27.7 Å². The summed E-state index contributed by atoms with van der Waals surface area (Å²) in [6, 6.07) is -12.3. The van der Waals surface area contributed by atoms with Crippen LogP contribution in [0.4, 0.5) is 0 Å². The molecule has 0 rings (SSSR count). The molecule has 31 nitrogen and oxygen atoms in total. The lowest BCUT2D eigenvalue weighted by Crippen LogP contribution is -2.60. The summed E-state index contributed by atoms with van der Waals surface area (Å²) in [5.41, 5.74) is 32.8. The van der Waals surface area contributed by atoms with E-state index >= 15 is 0 Å². The summed E-state index contributed by atoms with van der Waals surface area (Å²) in [7, 11) is 0. The van der Waals surface area contributed by atoms with Gasteiger partial charge in [-0.2, -0.15) is 0 Å². The van der Waals surface area contributed by atoms with Crippen molar-refractivity contribution in [3.63, 3.8) is 0 Å². The summed E-state index contributed by atoms with van der Waals surface area (Å²) in [4.78, 5) is 165. The molecule has 79 heavy (non-hydrogen) atoms.